The fourth-order valence-corrected chi connectivity index (χ4v) is 1.23. The highest BCUT2D eigenvalue weighted by Gasteiger charge is 2.31. The molecule has 0 bridgehead atoms. The number of carbonyl (C=O) groups is 1. The number of carbonyl (C=O) groups excluding carboxylic acids is 1. The number of primary amides is 1. The van der Waals surface area contributed by atoms with Crippen LogP contribution in [0.15, 0.2) is 0 Å². The van der Waals surface area contributed by atoms with Crippen molar-refractivity contribution in [2.45, 2.75) is 24.7 Å². The van der Waals surface area contributed by atoms with E-state index in [1.165, 1.54) is 0 Å². The van der Waals surface area contributed by atoms with Gasteiger partial charge in [-0.15, -0.1) is 0 Å². The normalized spacial score (nSPS) is 34.2. The van der Waals surface area contributed by atoms with E-state index in [0.29, 0.717) is 0 Å². The number of nitrogens with two attached hydrogens (primary N) is 1. The van der Waals surface area contributed by atoms with Gasteiger partial charge in [-0.3, -0.25) is 0 Å². The standard InChI is InChI=1S/C7H13NO5/c8-7(11)13-6-1-4(2-9)12-3-5(6)10/h4-6,9-10H,1-3H2,(H2,8,11). The predicted octanol–water partition coefficient (Wildman–Crippen LogP) is -1.41. The van der Waals surface area contributed by atoms with Crippen molar-refractivity contribution in [1.82, 2.24) is 0 Å². The van der Waals surface area contributed by atoms with E-state index in [2.05, 4.69) is 4.74 Å². The molecular formula is C7H13NO5. The summed E-state index contributed by atoms with van der Waals surface area (Å²) >= 11 is 0. The van der Waals surface area contributed by atoms with Crippen LogP contribution in [0.25, 0.3) is 0 Å². The monoisotopic (exact) mass is 191 g/mol. The number of hydrogen-bond acceptors (Lipinski definition) is 5. The van der Waals surface area contributed by atoms with E-state index in [0.717, 1.165) is 0 Å². The molecule has 0 aromatic rings. The van der Waals surface area contributed by atoms with E-state index < -0.39 is 24.4 Å². The van der Waals surface area contributed by atoms with Crippen molar-refractivity contribution >= 4 is 6.09 Å². The number of rotatable bonds is 2. The third-order valence-corrected chi connectivity index (χ3v) is 1.90. The van der Waals surface area contributed by atoms with Crippen molar-refractivity contribution in [2.75, 3.05) is 13.2 Å². The van der Waals surface area contributed by atoms with Crippen molar-refractivity contribution in [2.24, 2.45) is 5.73 Å². The van der Waals surface area contributed by atoms with Crippen LogP contribution in [0, 0.1) is 0 Å². The molecule has 1 heterocycles. The van der Waals surface area contributed by atoms with Crippen LogP contribution < -0.4 is 5.73 Å². The summed E-state index contributed by atoms with van der Waals surface area (Å²) in [7, 11) is 0. The molecule has 1 amide bonds. The van der Waals surface area contributed by atoms with Crippen LogP contribution in [0.5, 0.6) is 0 Å². The maximum Gasteiger partial charge on any atom is 0.404 e. The Bertz CT molecular complexity index is 186. The smallest absolute Gasteiger partial charge is 0.404 e. The van der Waals surface area contributed by atoms with Gasteiger partial charge in [0.15, 0.2) is 0 Å². The van der Waals surface area contributed by atoms with Crippen molar-refractivity contribution in [3.8, 4) is 0 Å². The molecule has 0 aromatic heterocycles. The van der Waals surface area contributed by atoms with Crippen LogP contribution >= 0.6 is 0 Å². The zero-order chi connectivity index (χ0) is 9.84. The number of amides is 1. The first-order chi connectivity index (χ1) is 6.13. The van der Waals surface area contributed by atoms with Gasteiger partial charge in [-0.25, -0.2) is 4.79 Å². The van der Waals surface area contributed by atoms with Gasteiger partial charge in [-0.2, -0.15) is 0 Å². The lowest BCUT2D eigenvalue weighted by Crippen LogP contribution is -2.45. The Kier molecular flexibility index (Phi) is 3.47. The third kappa shape index (κ3) is 2.83. The fourth-order valence-electron chi connectivity index (χ4n) is 1.23. The second kappa shape index (κ2) is 4.40. The zero-order valence-electron chi connectivity index (χ0n) is 7.05. The molecule has 76 valence electrons. The summed E-state index contributed by atoms with van der Waals surface area (Å²) in [5.41, 5.74) is 4.80. The van der Waals surface area contributed by atoms with Gasteiger partial charge < -0.3 is 25.4 Å². The molecule has 0 radical (unpaired) electrons. The van der Waals surface area contributed by atoms with Crippen LogP contribution in [-0.4, -0.2) is 47.8 Å². The van der Waals surface area contributed by atoms with Crippen LogP contribution in [-0.2, 0) is 9.47 Å². The minimum atomic E-state index is -0.928. The Morgan fingerprint density at radius 2 is 2.38 bits per heavy atom. The Hall–Kier alpha value is -0.850. The first kappa shape index (κ1) is 10.2. The van der Waals surface area contributed by atoms with Gasteiger partial charge in [-0.05, 0) is 0 Å². The second-order valence-electron chi connectivity index (χ2n) is 2.92. The molecule has 1 rings (SSSR count). The van der Waals surface area contributed by atoms with Crippen molar-refractivity contribution < 1.29 is 24.5 Å². The molecule has 6 heteroatoms. The second-order valence-corrected chi connectivity index (χ2v) is 2.92. The van der Waals surface area contributed by atoms with Crippen LogP contribution in [0.4, 0.5) is 4.79 Å². The molecule has 0 saturated carbocycles. The largest absolute Gasteiger partial charge is 0.443 e. The van der Waals surface area contributed by atoms with Gasteiger partial charge in [0.25, 0.3) is 0 Å². The molecular weight excluding hydrogens is 178 g/mol. The summed E-state index contributed by atoms with van der Waals surface area (Å²) in [6.45, 7) is -0.117. The topological polar surface area (TPSA) is 102 Å². The molecule has 6 nitrogen and oxygen atoms in total. The quantitative estimate of drug-likeness (QED) is 0.497. The van der Waals surface area contributed by atoms with Gasteiger partial charge in [0.05, 0.1) is 19.3 Å². The molecule has 1 saturated heterocycles. The van der Waals surface area contributed by atoms with E-state index in [9.17, 15) is 9.90 Å². The van der Waals surface area contributed by atoms with Crippen molar-refractivity contribution in [1.29, 1.82) is 0 Å². The minimum Gasteiger partial charge on any atom is -0.443 e. The highest BCUT2D eigenvalue weighted by molar-refractivity contribution is 5.64. The summed E-state index contributed by atoms with van der Waals surface area (Å²) in [5, 5.41) is 18.0. The highest BCUT2D eigenvalue weighted by Crippen LogP contribution is 2.16. The maximum atomic E-state index is 10.4. The molecule has 0 aromatic carbocycles. The van der Waals surface area contributed by atoms with Gasteiger partial charge in [0.1, 0.15) is 12.2 Å². The molecule has 4 N–H and O–H groups in total. The van der Waals surface area contributed by atoms with Crippen molar-refractivity contribution in [3.05, 3.63) is 0 Å². The summed E-state index contributed by atoms with van der Waals surface area (Å²) in [6.07, 6.45) is -2.60. The van der Waals surface area contributed by atoms with Crippen LogP contribution in [0.1, 0.15) is 6.42 Å². The van der Waals surface area contributed by atoms with Gasteiger partial charge in [-0.1, -0.05) is 0 Å². The zero-order valence-corrected chi connectivity index (χ0v) is 7.05. The van der Waals surface area contributed by atoms with E-state index in [1.54, 1.807) is 0 Å². The lowest BCUT2D eigenvalue weighted by Gasteiger charge is -2.31. The summed E-state index contributed by atoms with van der Waals surface area (Å²) < 4.78 is 9.65. The molecule has 13 heavy (non-hydrogen) atoms. The number of hydrogen-bond donors (Lipinski definition) is 3. The van der Waals surface area contributed by atoms with Gasteiger partial charge in [0.2, 0.25) is 0 Å². The predicted molar refractivity (Wildman–Crippen MR) is 41.9 cm³/mol. The molecule has 3 atom stereocenters. The Morgan fingerprint density at radius 1 is 1.69 bits per heavy atom. The Balaban J connectivity index is 2.44. The Morgan fingerprint density at radius 3 is 2.92 bits per heavy atom. The van der Waals surface area contributed by atoms with Crippen LogP contribution in [0.2, 0.25) is 0 Å². The molecule has 0 spiro atoms. The first-order valence-electron chi connectivity index (χ1n) is 4.00. The summed E-state index contributed by atoms with van der Waals surface area (Å²) in [6, 6.07) is 0. The molecule has 3 unspecified atom stereocenters. The average molecular weight is 191 g/mol. The summed E-state index contributed by atoms with van der Waals surface area (Å²) in [4.78, 5) is 10.4. The summed E-state index contributed by atoms with van der Waals surface area (Å²) in [5.74, 6) is 0. The van der Waals surface area contributed by atoms with Gasteiger partial charge in [0, 0.05) is 6.42 Å². The SMILES string of the molecule is NC(=O)OC1CC(CO)OCC1O. The maximum absolute atomic E-state index is 10.4. The van der Waals surface area contributed by atoms with E-state index in [4.69, 9.17) is 15.6 Å². The van der Waals surface area contributed by atoms with E-state index in [1.807, 2.05) is 0 Å². The lowest BCUT2D eigenvalue weighted by molar-refractivity contribution is -0.131. The minimum absolute atomic E-state index is 0.0448. The number of aliphatic hydroxyl groups is 2. The van der Waals surface area contributed by atoms with Crippen LogP contribution in [0.3, 0.4) is 0 Å². The van der Waals surface area contributed by atoms with E-state index >= 15 is 0 Å². The lowest BCUT2D eigenvalue weighted by atomic mass is 10.0. The van der Waals surface area contributed by atoms with E-state index in [-0.39, 0.29) is 19.6 Å². The first-order valence-corrected chi connectivity index (χ1v) is 4.00. The van der Waals surface area contributed by atoms with Crippen molar-refractivity contribution in [3.63, 3.8) is 0 Å². The molecule has 1 fully saturated rings. The van der Waals surface area contributed by atoms with Gasteiger partial charge >= 0.3 is 6.09 Å². The molecule has 1 aliphatic heterocycles. The molecule has 0 aliphatic carbocycles. The highest BCUT2D eigenvalue weighted by atomic mass is 16.6. The number of ether oxygens (including phenoxy) is 2. The fraction of sp³-hybridized carbons (Fsp3) is 0.857. The average Bonchev–Trinajstić information content (AvgIpc) is 2.08. The molecule has 1 aliphatic rings. The third-order valence-electron chi connectivity index (χ3n) is 1.90. The number of aliphatic hydroxyl groups excluding tert-OH is 2. The Labute approximate surface area is 75.2 Å².